The Balaban J connectivity index is 1.93. The standard InChI is InChI=1S/C16H18N4O3S/c1-2-15-18-10-16(19-15)24(21,22)20(12-14-7-5-9-23-14)11-13-6-3-4-8-17-13/h3-10H,2,11-12H2,1H3,(H,18,19). The van der Waals surface area contributed by atoms with Gasteiger partial charge in [-0.05, 0) is 24.3 Å². The fourth-order valence-electron chi connectivity index (χ4n) is 2.27. The van der Waals surface area contributed by atoms with Crippen molar-refractivity contribution in [2.75, 3.05) is 0 Å². The molecule has 0 aliphatic rings. The number of nitrogens with one attached hydrogen (secondary N) is 1. The van der Waals surface area contributed by atoms with Gasteiger partial charge in [-0.2, -0.15) is 4.31 Å². The number of imidazole rings is 1. The van der Waals surface area contributed by atoms with Gasteiger partial charge < -0.3 is 9.40 Å². The summed E-state index contributed by atoms with van der Waals surface area (Å²) in [5.41, 5.74) is 0.655. The Kier molecular flexibility index (Phi) is 4.77. The molecule has 0 radical (unpaired) electrons. The maximum absolute atomic E-state index is 13.0. The highest BCUT2D eigenvalue weighted by molar-refractivity contribution is 7.89. The number of H-pyrrole nitrogens is 1. The number of hydrogen-bond acceptors (Lipinski definition) is 5. The number of aromatic nitrogens is 3. The summed E-state index contributed by atoms with van der Waals surface area (Å²) >= 11 is 0. The summed E-state index contributed by atoms with van der Waals surface area (Å²) in [4.78, 5) is 11.2. The average molecular weight is 346 g/mol. The van der Waals surface area contributed by atoms with Crippen LogP contribution in [0.1, 0.15) is 24.2 Å². The predicted molar refractivity (Wildman–Crippen MR) is 87.3 cm³/mol. The lowest BCUT2D eigenvalue weighted by Crippen LogP contribution is -2.30. The average Bonchev–Trinajstić information content (AvgIpc) is 3.27. The summed E-state index contributed by atoms with van der Waals surface area (Å²) in [5.74, 6) is 1.19. The Morgan fingerprint density at radius 2 is 2.04 bits per heavy atom. The van der Waals surface area contributed by atoms with Crippen LogP contribution in [0.15, 0.2) is 58.4 Å². The number of hydrogen-bond donors (Lipinski definition) is 1. The molecular weight excluding hydrogens is 328 g/mol. The first-order valence-corrected chi connectivity index (χ1v) is 9.00. The van der Waals surface area contributed by atoms with Crippen molar-refractivity contribution >= 4 is 10.0 Å². The molecule has 8 heteroatoms. The van der Waals surface area contributed by atoms with Gasteiger partial charge in [0.25, 0.3) is 10.0 Å². The van der Waals surface area contributed by atoms with E-state index in [4.69, 9.17) is 4.42 Å². The number of aryl methyl sites for hydroxylation is 1. The maximum atomic E-state index is 13.0. The Bertz CT molecular complexity index is 873. The molecule has 0 amide bonds. The van der Waals surface area contributed by atoms with E-state index in [1.54, 1.807) is 30.5 Å². The lowest BCUT2D eigenvalue weighted by atomic mass is 10.3. The Hall–Kier alpha value is -2.45. The van der Waals surface area contributed by atoms with Gasteiger partial charge in [-0.1, -0.05) is 13.0 Å². The lowest BCUT2D eigenvalue weighted by molar-refractivity contribution is 0.354. The summed E-state index contributed by atoms with van der Waals surface area (Å²) in [6.45, 7) is 2.17. The first-order chi connectivity index (χ1) is 11.6. The molecule has 3 rings (SSSR count). The maximum Gasteiger partial charge on any atom is 0.260 e. The Morgan fingerprint density at radius 1 is 1.17 bits per heavy atom. The van der Waals surface area contributed by atoms with Crippen LogP contribution in [0.25, 0.3) is 0 Å². The minimum Gasteiger partial charge on any atom is -0.468 e. The molecule has 24 heavy (non-hydrogen) atoms. The van der Waals surface area contributed by atoms with E-state index in [0.717, 1.165) is 0 Å². The van der Waals surface area contributed by atoms with Crippen molar-refractivity contribution in [1.29, 1.82) is 0 Å². The van der Waals surface area contributed by atoms with Crippen LogP contribution in [0.2, 0.25) is 0 Å². The van der Waals surface area contributed by atoms with E-state index in [1.807, 2.05) is 13.0 Å². The van der Waals surface area contributed by atoms with Crippen molar-refractivity contribution in [2.24, 2.45) is 0 Å². The van der Waals surface area contributed by atoms with Crippen LogP contribution in [0.5, 0.6) is 0 Å². The molecule has 0 bridgehead atoms. The molecule has 3 aromatic rings. The van der Waals surface area contributed by atoms with Crippen LogP contribution in [0.4, 0.5) is 0 Å². The molecular formula is C16H18N4O3S. The van der Waals surface area contributed by atoms with Gasteiger partial charge in [-0.3, -0.25) is 4.98 Å². The first kappa shape index (κ1) is 16.4. The molecule has 1 N–H and O–H groups in total. The summed E-state index contributed by atoms with van der Waals surface area (Å²) in [6, 6.07) is 8.87. The van der Waals surface area contributed by atoms with Gasteiger partial charge in [-0.15, -0.1) is 0 Å². The second-order valence-corrected chi connectivity index (χ2v) is 7.13. The SMILES string of the molecule is CCc1ncc(S(=O)(=O)N(Cc2ccccn2)Cc2ccco2)[nH]1. The van der Waals surface area contributed by atoms with Gasteiger partial charge in [0.15, 0.2) is 5.03 Å². The molecule has 0 fully saturated rings. The zero-order valence-corrected chi connectivity index (χ0v) is 14.0. The first-order valence-electron chi connectivity index (χ1n) is 7.56. The van der Waals surface area contributed by atoms with Crippen LogP contribution in [-0.2, 0) is 29.5 Å². The van der Waals surface area contributed by atoms with Crippen LogP contribution in [-0.4, -0.2) is 27.7 Å². The van der Waals surface area contributed by atoms with Crippen molar-refractivity contribution in [3.8, 4) is 0 Å². The molecule has 0 unspecified atom stereocenters. The number of furan rings is 1. The number of aromatic amines is 1. The quantitative estimate of drug-likeness (QED) is 0.709. The Labute approximate surface area is 140 Å². The van der Waals surface area contributed by atoms with E-state index in [-0.39, 0.29) is 18.1 Å². The largest absolute Gasteiger partial charge is 0.468 e. The normalized spacial score (nSPS) is 11.9. The molecule has 0 atom stereocenters. The summed E-state index contributed by atoms with van der Waals surface area (Å²) in [6.07, 6.45) is 5.14. The highest BCUT2D eigenvalue weighted by Crippen LogP contribution is 2.19. The molecule has 0 aromatic carbocycles. The summed E-state index contributed by atoms with van der Waals surface area (Å²) in [7, 11) is -3.75. The highest BCUT2D eigenvalue weighted by Gasteiger charge is 2.28. The zero-order chi connectivity index (χ0) is 17.0. The van der Waals surface area contributed by atoms with Crippen LogP contribution in [0.3, 0.4) is 0 Å². The third-order valence-corrected chi connectivity index (χ3v) is 5.24. The highest BCUT2D eigenvalue weighted by atomic mass is 32.2. The molecule has 3 aromatic heterocycles. The van der Waals surface area contributed by atoms with E-state index < -0.39 is 10.0 Å². The third-order valence-electron chi connectivity index (χ3n) is 3.53. The van der Waals surface area contributed by atoms with Crippen molar-refractivity contribution in [2.45, 2.75) is 31.5 Å². The molecule has 0 saturated carbocycles. The lowest BCUT2D eigenvalue weighted by Gasteiger charge is -2.19. The second-order valence-electron chi connectivity index (χ2n) is 5.22. The molecule has 0 saturated heterocycles. The minimum absolute atomic E-state index is 0.0711. The molecule has 0 aliphatic heterocycles. The number of rotatable bonds is 7. The summed E-state index contributed by atoms with van der Waals surface area (Å²) < 4.78 is 32.6. The van der Waals surface area contributed by atoms with E-state index in [1.165, 1.54) is 16.8 Å². The van der Waals surface area contributed by atoms with E-state index in [9.17, 15) is 8.42 Å². The number of nitrogens with zero attached hydrogens (tertiary/aromatic N) is 3. The molecule has 0 aliphatic carbocycles. The predicted octanol–water partition coefficient (Wildman–Crippen LogP) is 2.35. The molecule has 126 valence electrons. The summed E-state index contributed by atoms with van der Waals surface area (Å²) in [5, 5.41) is 0.0711. The van der Waals surface area contributed by atoms with E-state index in [2.05, 4.69) is 15.0 Å². The smallest absolute Gasteiger partial charge is 0.260 e. The van der Waals surface area contributed by atoms with E-state index >= 15 is 0 Å². The van der Waals surface area contributed by atoms with Crippen LogP contribution < -0.4 is 0 Å². The van der Waals surface area contributed by atoms with Crippen molar-refractivity contribution in [3.63, 3.8) is 0 Å². The number of sulfonamides is 1. The monoisotopic (exact) mass is 346 g/mol. The fourth-order valence-corrected chi connectivity index (χ4v) is 3.58. The minimum atomic E-state index is -3.75. The van der Waals surface area contributed by atoms with Crippen molar-refractivity contribution in [3.05, 3.63) is 66.3 Å². The third kappa shape index (κ3) is 3.55. The molecule has 7 nitrogen and oxygen atoms in total. The van der Waals surface area contributed by atoms with Crippen molar-refractivity contribution < 1.29 is 12.8 Å². The second kappa shape index (κ2) is 6.98. The van der Waals surface area contributed by atoms with Gasteiger partial charge in [-0.25, -0.2) is 13.4 Å². The van der Waals surface area contributed by atoms with Gasteiger partial charge in [0.1, 0.15) is 11.6 Å². The Morgan fingerprint density at radius 3 is 2.67 bits per heavy atom. The zero-order valence-electron chi connectivity index (χ0n) is 13.2. The van der Waals surface area contributed by atoms with E-state index in [0.29, 0.717) is 23.7 Å². The topological polar surface area (TPSA) is 92.1 Å². The van der Waals surface area contributed by atoms with Crippen LogP contribution >= 0.6 is 0 Å². The molecule has 3 heterocycles. The number of pyridine rings is 1. The fraction of sp³-hybridized carbons (Fsp3) is 0.250. The van der Waals surface area contributed by atoms with Gasteiger partial charge in [0.2, 0.25) is 0 Å². The molecule has 0 spiro atoms. The van der Waals surface area contributed by atoms with Gasteiger partial charge in [0.05, 0.1) is 31.2 Å². The van der Waals surface area contributed by atoms with Gasteiger partial charge in [0, 0.05) is 12.6 Å². The van der Waals surface area contributed by atoms with Crippen molar-refractivity contribution in [1.82, 2.24) is 19.3 Å². The van der Waals surface area contributed by atoms with Gasteiger partial charge >= 0.3 is 0 Å². The van der Waals surface area contributed by atoms with Crippen LogP contribution in [0, 0.1) is 0 Å².